The number of carbonyl (C=O) groups excluding carboxylic acids is 2. The van der Waals surface area contributed by atoms with Crippen LogP contribution in [-0.2, 0) is 13.7 Å². The summed E-state index contributed by atoms with van der Waals surface area (Å²) in [5.74, 6) is -0.353. The summed E-state index contributed by atoms with van der Waals surface area (Å²) in [5.41, 5.74) is 0.624. The van der Waals surface area contributed by atoms with Crippen LogP contribution in [0.1, 0.15) is 49.9 Å². The minimum absolute atomic E-state index is 0.125. The normalized spacial score (nSPS) is 9.29. The van der Waals surface area contributed by atoms with Gasteiger partial charge < -0.3 is 8.92 Å². The summed E-state index contributed by atoms with van der Waals surface area (Å²) in [6.45, 7) is 4.53. The molecule has 1 aromatic rings. The lowest BCUT2D eigenvalue weighted by molar-refractivity contribution is -0.133. The summed E-state index contributed by atoms with van der Waals surface area (Å²) in [6.07, 6.45) is 5.09. The van der Waals surface area contributed by atoms with Crippen LogP contribution in [0, 0.1) is 0 Å². The van der Waals surface area contributed by atoms with Gasteiger partial charge in [-0.3, -0.25) is 4.79 Å². The van der Waals surface area contributed by atoms with Gasteiger partial charge in [-0.15, -0.1) is 0 Å². The lowest BCUT2D eigenvalue weighted by atomic mass is 10.2. The van der Waals surface area contributed by atoms with Crippen molar-refractivity contribution in [3.05, 3.63) is 35.9 Å². The fourth-order valence-corrected chi connectivity index (χ4v) is 1.57. The summed E-state index contributed by atoms with van der Waals surface area (Å²) >= 11 is 1.10. The first-order valence-electron chi connectivity index (χ1n) is 7.11. The van der Waals surface area contributed by atoms with Gasteiger partial charge in [0.05, 0.1) is 24.2 Å². The number of rotatable bonds is 7. The second kappa shape index (κ2) is 13.5. The molecule has 0 saturated carbocycles. The van der Waals surface area contributed by atoms with Crippen LogP contribution in [0.5, 0.6) is 0 Å². The maximum Gasteiger partial charge on any atom is 0.338 e. The first kappa shape index (κ1) is 19.5. The summed E-state index contributed by atoms with van der Waals surface area (Å²) in [4.78, 5) is 21.7. The lowest BCUT2D eigenvalue weighted by Gasteiger charge is -2.02. The molecule has 0 unspecified atom stereocenters. The lowest BCUT2D eigenvalue weighted by Crippen LogP contribution is -2.05. The Morgan fingerprint density at radius 3 is 2.29 bits per heavy atom. The Morgan fingerprint density at radius 2 is 1.76 bits per heavy atom. The Morgan fingerprint density at radius 1 is 1.10 bits per heavy atom. The molecule has 0 heterocycles. The second-order valence-corrected chi connectivity index (χ2v) is 4.73. The highest BCUT2D eigenvalue weighted by Gasteiger charge is 2.04. The molecule has 0 aliphatic heterocycles. The minimum atomic E-state index is -0.228. The molecule has 0 saturated heterocycles. The van der Waals surface area contributed by atoms with E-state index in [1.54, 1.807) is 18.4 Å². The van der Waals surface area contributed by atoms with Crippen LogP contribution in [-0.4, -0.2) is 24.8 Å². The van der Waals surface area contributed by atoms with E-state index in [2.05, 4.69) is 11.1 Å². The third kappa shape index (κ3) is 10.9. The number of carbonyl (C=O) groups is 2. The fraction of sp³-hybridized carbons (Fsp3) is 0.500. The van der Waals surface area contributed by atoms with Gasteiger partial charge in [0.2, 0.25) is 0 Å². The van der Waals surface area contributed by atoms with Crippen molar-refractivity contribution in [3.63, 3.8) is 0 Å². The van der Waals surface area contributed by atoms with E-state index in [1.165, 1.54) is 0 Å². The molecule has 0 spiro atoms. The highest BCUT2D eigenvalue weighted by molar-refractivity contribution is 7.94. The van der Waals surface area contributed by atoms with Crippen molar-refractivity contribution in [2.24, 2.45) is 0 Å². The third-order valence-electron chi connectivity index (χ3n) is 2.37. The number of benzene rings is 1. The van der Waals surface area contributed by atoms with Gasteiger partial charge in [0, 0.05) is 12.7 Å². The number of esters is 1. The minimum Gasteiger partial charge on any atom is -0.462 e. The van der Waals surface area contributed by atoms with Crippen molar-refractivity contribution in [3.8, 4) is 0 Å². The third-order valence-corrected chi connectivity index (χ3v) is 2.72. The molecule has 0 bridgehead atoms. The first-order chi connectivity index (χ1) is 10.2. The summed E-state index contributed by atoms with van der Waals surface area (Å²) in [5, 5.41) is 0. The zero-order chi connectivity index (χ0) is 15.9. The van der Waals surface area contributed by atoms with Gasteiger partial charge in [0.1, 0.15) is 0 Å². The van der Waals surface area contributed by atoms with Crippen LogP contribution in [0.15, 0.2) is 30.3 Å². The molecular weight excluding hydrogens is 288 g/mol. The molecular formula is C16H24O4S. The van der Waals surface area contributed by atoms with Gasteiger partial charge in [-0.1, -0.05) is 38.5 Å². The van der Waals surface area contributed by atoms with Crippen LogP contribution >= 0.6 is 12.0 Å². The average molecular weight is 312 g/mol. The van der Waals surface area contributed by atoms with Crippen LogP contribution in [0.3, 0.4) is 0 Å². The van der Waals surface area contributed by atoms with Crippen LogP contribution in [0.25, 0.3) is 0 Å². The summed E-state index contributed by atoms with van der Waals surface area (Å²) in [7, 11) is 0. The van der Waals surface area contributed by atoms with E-state index in [4.69, 9.17) is 4.74 Å². The number of hydrogen-bond acceptors (Lipinski definition) is 5. The molecule has 0 aromatic heterocycles. The molecule has 5 heteroatoms. The zero-order valence-corrected chi connectivity index (χ0v) is 13.8. The Balaban J connectivity index is 0.000000433. The smallest absolute Gasteiger partial charge is 0.338 e. The largest absolute Gasteiger partial charge is 0.462 e. The maximum absolute atomic E-state index is 11.3. The maximum atomic E-state index is 11.3. The Kier molecular flexibility index (Phi) is 12.5. The quantitative estimate of drug-likeness (QED) is 0.428. The van der Waals surface area contributed by atoms with Crippen LogP contribution < -0.4 is 0 Å². The van der Waals surface area contributed by atoms with Crippen molar-refractivity contribution in [2.45, 2.75) is 39.5 Å². The SMILES string of the molecule is CCCC(=O)OSC.CCCCOC(=O)c1ccccc1. The van der Waals surface area contributed by atoms with Crippen molar-refractivity contribution in [1.29, 1.82) is 0 Å². The van der Waals surface area contributed by atoms with Crippen molar-refractivity contribution >= 4 is 24.0 Å². The van der Waals surface area contributed by atoms with E-state index in [0.717, 1.165) is 31.3 Å². The molecule has 0 radical (unpaired) electrons. The molecule has 0 aliphatic carbocycles. The predicted molar refractivity (Wildman–Crippen MR) is 86.1 cm³/mol. The summed E-state index contributed by atoms with van der Waals surface area (Å²) < 4.78 is 9.59. The van der Waals surface area contributed by atoms with Crippen molar-refractivity contribution < 1.29 is 18.5 Å². The molecule has 0 amide bonds. The van der Waals surface area contributed by atoms with E-state index in [0.29, 0.717) is 18.6 Å². The second-order valence-electron chi connectivity index (χ2n) is 4.23. The highest BCUT2D eigenvalue weighted by Crippen LogP contribution is 2.01. The van der Waals surface area contributed by atoms with E-state index >= 15 is 0 Å². The monoisotopic (exact) mass is 312 g/mol. The van der Waals surface area contributed by atoms with E-state index in [9.17, 15) is 9.59 Å². The van der Waals surface area contributed by atoms with Gasteiger partial charge in [-0.2, -0.15) is 0 Å². The number of ether oxygens (including phenoxy) is 1. The van der Waals surface area contributed by atoms with Crippen molar-refractivity contribution in [1.82, 2.24) is 0 Å². The van der Waals surface area contributed by atoms with Gasteiger partial charge in [0.25, 0.3) is 0 Å². The van der Waals surface area contributed by atoms with E-state index in [-0.39, 0.29) is 11.9 Å². The molecule has 0 atom stereocenters. The van der Waals surface area contributed by atoms with E-state index < -0.39 is 0 Å². The molecule has 0 aliphatic rings. The van der Waals surface area contributed by atoms with E-state index in [1.807, 2.05) is 25.1 Å². The Labute approximate surface area is 131 Å². The first-order valence-corrected chi connectivity index (χ1v) is 8.26. The molecule has 21 heavy (non-hydrogen) atoms. The molecule has 1 rings (SSSR count). The van der Waals surface area contributed by atoms with Crippen molar-refractivity contribution in [2.75, 3.05) is 12.9 Å². The van der Waals surface area contributed by atoms with Gasteiger partial charge >= 0.3 is 11.9 Å². The van der Waals surface area contributed by atoms with Gasteiger partial charge in [-0.05, 0) is 25.0 Å². The molecule has 118 valence electrons. The Bertz CT molecular complexity index is 385. The van der Waals surface area contributed by atoms with Crippen LogP contribution in [0.4, 0.5) is 0 Å². The van der Waals surface area contributed by atoms with Gasteiger partial charge in [-0.25, -0.2) is 4.79 Å². The fourth-order valence-electron chi connectivity index (χ4n) is 1.31. The standard InChI is InChI=1S/C11H14O2.C5H10O2S/c1-2-3-9-13-11(12)10-7-5-4-6-8-10;1-3-4-5(6)7-8-2/h4-8H,2-3,9H2,1H3;3-4H2,1-2H3. The highest BCUT2D eigenvalue weighted by atomic mass is 32.2. The van der Waals surface area contributed by atoms with Gasteiger partial charge in [0.15, 0.2) is 0 Å². The molecule has 1 aromatic carbocycles. The zero-order valence-electron chi connectivity index (χ0n) is 13.0. The predicted octanol–water partition coefficient (Wildman–Crippen LogP) is 4.25. The summed E-state index contributed by atoms with van der Waals surface area (Å²) in [6, 6.07) is 9.05. The number of unbranched alkanes of at least 4 members (excludes halogenated alkanes) is 1. The molecule has 0 fully saturated rings. The molecule has 4 nitrogen and oxygen atoms in total. The Hall–Kier alpha value is -1.49. The number of hydrogen-bond donors (Lipinski definition) is 0. The topological polar surface area (TPSA) is 52.6 Å². The average Bonchev–Trinajstić information content (AvgIpc) is 2.49. The molecule has 0 N–H and O–H groups in total. The van der Waals surface area contributed by atoms with Crippen LogP contribution in [0.2, 0.25) is 0 Å².